The molecular weight excluding hydrogens is 292 g/mol. The van der Waals surface area contributed by atoms with Gasteiger partial charge in [0, 0.05) is 23.4 Å². The second-order valence-electron chi connectivity index (χ2n) is 4.97. The van der Waals surface area contributed by atoms with Gasteiger partial charge in [0.2, 0.25) is 0 Å². The number of nitro benzene ring substituents is 1. The second kappa shape index (κ2) is 6.77. The van der Waals surface area contributed by atoms with Crippen LogP contribution in [0.5, 0.6) is 0 Å². The van der Waals surface area contributed by atoms with E-state index in [0.29, 0.717) is 10.9 Å². The SMILES string of the molecule is CSC1CCC(NC(=O)c2cc([N+](=O)[O-])ccc2NN)C1. The third-order valence-corrected chi connectivity index (χ3v) is 4.76. The van der Waals surface area contributed by atoms with Crippen LogP contribution in [0.25, 0.3) is 0 Å². The van der Waals surface area contributed by atoms with Gasteiger partial charge in [-0.05, 0) is 31.6 Å². The fourth-order valence-corrected chi connectivity index (χ4v) is 3.30. The predicted molar refractivity (Wildman–Crippen MR) is 83.3 cm³/mol. The zero-order chi connectivity index (χ0) is 15.4. The highest BCUT2D eigenvalue weighted by molar-refractivity contribution is 7.99. The number of hydrogen-bond acceptors (Lipinski definition) is 6. The molecule has 2 rings (SSSR count). The van der Waals surface area contributed by atoms with Crippen molar-refractivity contribution in [1.29, 1.82) is 0 Å². The van der Waals surface area contributed by atoms with Gasteiger partial charge in [0.05, 0.1) is 16.2 Å². The van der Waals surface area contributed by atoms with Gasteiger partial charge < -0.3 is 10.7 Å². The van der Waals surface area contributed by atoms with Gasteiger partial charge in [-0.1, -0.05) is 0 Å². The number of nitrogens with one attached hydrogen (secondary N) is 2. The molecule has 0 aromatic heterocycles. The van der Waals surface area contributed by atoms with Crippen LogP contribution >= 0.6 is 11.8 Å². The number of carbonyl (C=O) groups excluding carboxylic acids is 1. The normalized spacial score (nSPS) is 21.0. The molecular formula is C13H18N4O3S. The number of hydrazine groups is 1. The molecule has 4 N–H and O–H groups in total. The molecule has 0 aliphatic heterocycles. The van der Waals surface area contributed by atoms with Crippen LogP contribution < -0.4 is 16.6 Å². The number of carbonyl (C=O) groups is 1. The lowest BCUT2D eigenvalue weighted by atomic mass is 10.1. The number of amides is 1. The van der Waals surface area contributed by atoms with E-state index in [4.69, 9.17) is 5.84 Å². The van der Waals surface area contributed by atoms with E-state index >= 15 is 0 Å². The number of nitrogens with two attached hydrogens (primary N) is 1. The van der Waals surface area contributed by atoms with Crippen molar-refractivity contribution in [2.75, 3.05) is 11.7 Å². The number of nitrogen functional groups attached to an aromatic ring is 1. The van der Waals surface area contributed by atoms with Gasteiger partial charge in [-0.25, -0.2) is 0 Å². The molecule has 0 saturated heterocycles. The van der Waals surface area contributed by atoms with E-state index in [1.807, 2.05) is 0 Å². The average Bonchev–Trinajstić information content (AvgIpc) is 2.94. The Balaban J connectivity index is 2.14. The highest BCUT2D eigenvalue weighted by Crippen LogP contribution is 2.29. The summed E-state index contributed by atoms with van der Waals surface area (Å²) in [6, 6.07) is 4.10. The van der Waals surface area contributed by atoms with Crippen molar-refractivity contribution >= 4 is 29.0 Å². The zero-order valence-corrected chi connectivity index (χ0v) is 12.5. The van der Waals surface area contributed by atoms with Gasteiger partial charge in [0.15, 0.2) is 0 Å². The third kappa shape index (κ3) is 3.64. The molecule has 1 aliphatic rings. The number of nitrogens with zero attached hydrogens (tertiary/aromatic N) is 1. The first kappa shape index (κ1) is 15.6. The number of hydrogen-bond donors (Lipinski definition) is 3. The molecule has 2 unspecified atom stereocenters. The summed E-state index contributed by atoms with van der Waals surface area (Å²) < 4.78 is 0. The largest absolute Gasteiger partial charge is 0.349 e. The molecule has 1 fully saturated rings. The van der Waals surface area contributed by atoms with Crippen molar-refractivity contribution in [2.45, 2.75) is 30.6 Å². The first-order chi connectivity index (χ1) is 10.0. The number of non-ortho nitro benzene ring substituents is 1. The molecule has 114 valence electrons. The monoisotopic (exact) mass is 310 g/mol. The van der Waals surface area contributed by atoms with Crippen molar-refractivity contribution in [1.82, 2.24) is 5.32 Å². The van der Waals surface area contributed by atoms with E-state index in [0.717, 1.165) is 19.3 Å². The third-order valence-electron chi connectivity index (χ3n) is 3.67. The van der Waals surface area contributed by atoms with Gasteiger partial charge in [0.1, 0.15) is 0 Å². The summed E-state index contributed by atoms with van der Waals surface area (Å²) >= 11 is 1.80. The van der Waals surface area contributed by atoms with Crippen molar-refractivity contribution in [3.8, 4) is 0 Å². The van der Waals surface area contributed by atoms with E-state index in [1.165, 1.54) is 18.2 Å². The molecule has 1 saturated carbocycles. The minimum absolute atomic E-state index is 0.111. The Kier molecular flexibility index (Phi) is 5.03. The van der Waals surface area contributed by atoms with Crippen molar-refractivity contribution in [3.63, 3.8) is 0 Å². The number of thioether (sulfide) groups is 1. The number of nitro groups is 1. The zero-order valence-electron chi connectivity index (χ0n) is 11.7. The van der Waals surface area contributed by atoms with Crippen molar-refractivity contribution < 1.29 is 9.72 Å². The highest BCUT2D eigenvalue weighted by atomic mass is 32.2. The van der Waals surface area contributed by atoms with Crippen LogP contribution in [0.2, 0.25) is 0 Å². The van der Waals surface area contributed by atoms with E-state index in [9.17, 15) is 14.9 Å². The molecule has 2 atom stereocenters. The van der Waals surface area contributed by atoms with Crippen LogP contribution in [0.15, 0.2) is 18.2 Å². The quantitative estimate of drug-likeness (QED) is 0.435. The summed E-state index contributed by atoms with van der Waals surface area (Å²) in [4.78, 5) is 22.6. The first-order valence-electron chi connectivity index (χ1n) is 6.64. The Bertz CT molecular complexity index is 552. The molecule has 21 heavy (non-hydrogen) atoms. The van der Waals surface area contributed by atoms with Crippen LogP contribution in [0.1, 0.15) is 29.6 Å². The summed E-state index contributed by atoms with van der Waals surface area (Å²) in [5.41, 5.74) is 2.83. The van der Waals surface area contributed by atoms with Gasteiger partial charge >= 0.3 is 0 Å². The fourth-order valence-electron chi connectivity index (χ4n) is 2.51. The van der Waals surface area contributed by atoms with E-state index in [1.54, 1.807) is 11.8 Å². The van der Waals surface area contributed by atoms with E-state index in [2.05, 4.69) is 17.0 Å². The van der Waals surface area contributed by atoms with Crippen molar-refractivity contribution in [2.24, 2.45) is 5.84 Å². The summed E-state index contributed by atoms with van der Waals surface area (Å²) in [6.07, 6.45) is 4.99. The molecule has 1 aromatic rings. The topological polar surface area (TPSA) is 110 Å². The van der Waals surface area contributed by atoms with E-state index in [-0.39, 0.29) is 23.2 Å². The number of anilines is 1. The summed E-state index contributed by atoms with van der Waals surface area (Å²) in [6.45, 7) is 0. The lowest BCUT2D eigenvalue weighted by molar-refractivity contribution is -0.384. The van der Waals surface area contributed by atoms with Crippen LogP contribution in [0.3, 0.4) is 0 Å². The predicted octanol–water partition coefficient (Wildman–Crippen LogP) is 1.89. The van der Waals surface area contributed by atoms with Crippen LogP contribution in [-0.4, -0.2) is 28.4 Å². The molecule has 1 amide bonds. The molecule has 0 radical (unpaired) electrons. The van der Waals surface area contributed by atoms with Gasteiger partial charge in [-0.2, -0.15) is 11.8 Å². The van der Waals surface area contributed by atoms with Gasteiger partial charge in [-0.15, -0.1) is 0 Å². The molecule has 7 nitrogen and oxygen atoms in total. The molecule has 0 heterocycles. The minimum Gasteiger partial charge on any atom is -0.349 e. The smallest absolute Gasteiger partial charge is 0.270 e. The van der Waals surface area contributed by atoms with Crippen LogP contribution in [0.4, 0.5) is 11.4 Å². The Hall–Kier alpha value is -1.80. The maximum Gasteiger partial charge on any atom is 0.270 e. The molecule has 0 bridgehead atoms. The maximum absolute atomic E-state index is 12.3. The maximum atomic E-state index is 12.3. The Morgan fingerprint density at radius 1 is 1.48 bits per heavy atom. The first-order valence-corrected chi connectivity index (χ1v) is 7.92. The van der Waals surface area contributed by atoms with Crippen LogP contribution in [0, 0.1) is 10.1 Å². The van der Waals surface area contributed by atoms with Crippen LogP contribution in [-0.2, 0) is 0 Å². The molecule has 1 aliphatic carbocycles. The molecule has 1 aromatic carbocycles. The summed E-state index contributed by atoms with van der Waals surface area (Å²) in [5.74, 6) is 5.03. The number of benzene rings is 1. The van der Waals surface area contributed by atoms with Gasteiger partial charge in [0.25, 0.3) is 11.6 Å². The Labute approximate surface area is 126 Å². The van der Waals surface area contributed by atoms with Crippen molar-refractivity contribution in [3.05, 3.63) is 33.9 Å². The lowest BCUT2D eigenvalue weighted by Gasteiger charge is -2.14. The minimum atomic E-state index is -0.531. The molecule has 8 heteroatoms. The fraction of sp³-hybridized carbons (Fsp3) is 0.462. The number of rotatable bonds is 5. The summed E-state index contributed by atoms with van der Waals surface area (Å²) in [5, 5.41) is 14.3. The standard InChI is InChI=1S/C13H18N4O3S/c1-21-10-4-2-8(6-10)15-13(18)11-7-9(17(19)20)3-5-12(11)16-14/h3,5,7-8,10,16H,2,4,6,14H2,1H3,(H,15,18). The highest BCUT2D eigenvalue weighted by Gasteiger charge is 2.26. The van der Waals surface area contributed by atoms with E-state index < -0.39 is 4.92 Å². The lowest BCUT2D eigenvalue weighted by Crippen LogP contribution is -2.33. The Morgan fingerprint density at radius 2 is 2.24 bits per heavy atom. The summed E-state index contributed by atoms with van der Waals surface area (Å²) in [7, 11) is 0. The second-order valence-corrected chi connectivity index (χ2v) is 6.11. The Morgan fingerprint density at radius 3 is 2.81 bits per heavy atom. The average molecular weight is 310 g/mol. The van der Waals surface area contributed by atoms with Gasteiger partial charge in [-0.3, -0.25) is 20.8 Å². The molecule has 0 spiro atoms.